The van der Waals surface area contributed by atoms with Crippen LogP contribution in [0.3, 0.4) is 0 Å². The maximum Gasteiger partial charge on any atom is 0.337 e. The number of aromatic nitrogens is 1. The number of carbonyl (C=O) groups excluding carboxylic acids is 1. The number of hydrogen-bond donors (Lipinski definition) is 1. The number of benzene rings is 1. The first-order valence-corrected chi connectivity index (χ1v) is 8.03. The number of rotatable bonds is 4. The molecular weight excluding hydrogens is 328 g/mol. The highest BCUT2D eigenvalue weighted by molar-refractivity contribution is 7.92. The van der Waals surface area contributed by atoms with Gasteiger partial charge in [-0.1, -0.05) is 17.7 Å². The average Bonchev–Trinajstić information content (AvgIpc) is 2.49. The fraction of sp³-hybridized carbons (Fsp3) is 0.143. The van der Waals surface area contributed by atoms with Crippen LogP contribution in [0.25, 0.3) is 0 Å². The van der Waals surface area contributed by atoms with E-state index in [2.05, 4.69) is 14.4 Å². The highest BCUT2D eigenvalue weighted by atomic mass is 35.5. The third-order valence-corrected chi connectivity index (χ3v) is 4.49. The van der Waals surface area contributed by atoms with Crippen LogP contribution in [-0.4, -0.2) is 26.5 Å². The minimum atomic E-state index is -3.83. The van der Waals surface area contributed by atoms with Crippen molar-refractivity contribution in [2.75, 3.05) is 11.8 Å². The Morgan fingerprint density at radius 3 is 2.59 bits per heavy atom. The number of carbonyl (C=O) groups is 1. The van der Waals surface area contributed by atoms with Crippen LogP contribution in [0.2, 0.25) is 5.15 Å². The van der Waals surface area contributed by atoms with Gasteiger partial charge in [-0.05, 0) is 36.8 Å². The lowest BCUT2D eigenvalue weighted by Gasteiger charge is -2.11. The molecule has 1 heterocycles. The normalized spacial score (nSPS) is 11.0. The van der Waals surface area contributed by atoms with Crippen LogP contribution in [0.1, 0.15) is 15.9 Å². The topological polar surface area (TPSA) is 85.4 Å². The summed E-state index contributed by atoms with van der Waals surface area (Å²) in [4.78, 5) is 15.2. The predicted molar refractivity (Wildman–Crippen MR) is 82.6 cm³/mol. The smallest absolute Gasteiger partial charge is 0.337 e. The van der Waals surface area contributed by atoms with Gasteiger partial charge >= 0.3 is 5.97 Å². The summed E-state index contributed by atoms with van der Waals surface area (Å²) in [5.74, 6) is -0.548. The first kappa shape index (κ1) is 16.3. The lowest BCUT2D eigenvalue weighted by molar-refractivity contribution is 0.0601. The minimum Gasteiger partial charge on any atom is -0.465 e. The van der Waals surface area contributed by atoms with Gasteiger partial charge < -0.3 is 4.74 Å². The molecule has 0 unspecified atom stereocenters. The summed E-state index contributed by atoms with van der Waals surface area (Å²) in [7, 11) is -2.57. The molecule has 0 amide bonds. The predicted octanol–water partition coefficient (Wildman–Crippen LogP) is 2.63. The van der Waals surface area contributed by atoms with E-state index >= 15 is 0 Å². The van der Waals surface area contributed by atoms with E-state index in [1.54, 1.807) is 19.1 Å². The monoisotopic (exact) mass is 340 g/mol. The number of nitrogens with one attached hydrogen (secondary N) is 1. The zero-order chi connectivity index (χ0) is 16.3. The number of nitrogens with zero attached hydrogens (tertiary/aromatic N) is 1. The van der Waals surface area contributed by atoms with Crippen molar-refractivity contribution >= 4 is 33.3 Å². The van der Waals surface area contributed by atoms with Crippen molar-refractivity contribution in [3.05, 3.63) is 52.8 Å². The summed E-state index contributed by atoms with van der Waals surface area (Å²) in [6.07, 6.45) is 1.16. The Morgan fingerprint density at radius 2 is 2.00 bits per heavy atom. The molecule has 1 N–H and O–H groups in total. The largest absolute Gasteiger partial charge is 0.465 e. The molecule has 8 heteroatoms. The first-order chi connectivity index (χ1) is 10.3. The highest BCUT2D eigenvalue weighted by Crippen LogP contribution is 2.22. The van der Waals surface area contributed by atoms with Crippen molar-refractivity contribution in [3.8, 4) is 0 Å². The van der Waals surface area contributed by atoms with Crippen LogP contribution in [0.4, 0.5) is 5.69 Å². The Kier molecular flexibility index (Phi) is 4.68. The fourth-order valence-corrected chi connectivity index (χ4v) is 2.88. The van der Waals surface area contributed by atoms with Gasteiger partial charge in [0.15, 0.2) is 0 Å². The van der Waals surface area contributed by atoms with E-state index in [4.69, 9.17) is 11.6 Å². The van der Waals surface area contributed by atoms with Gasteiger partial charge in [0.2, 0.25) is 0 Å². The van der Waals surface area contributed by atoms with E-state index in [1.807, 2.05) is 0 Å². The molecule has 0 aliphatic heterocycles. The van der Waals surface area contributed by atoms with E-state index in [-0.39, 0.29) is 21.3 Å². The third kappa shape index (κ3) is 3.55. The molecule has 116 valence electrons. The summed E-state index contributed by atoms with van der Waals surface area (Å²) < 4.78 is 31.7. The van der Waals surface area contributed by atoms with E-state index < -0.39 is 16.0 Å². The summed E-state index contributed by atoms with van der Waals surface area (Å²) in [5.41, 5.74) is 1.20. The Morgan fingerprint density at radius 1 is 1.27 bits per heavy atom. The van der Waals surface area contributed by atoms with Crippen LogP contribution < -0.4 is 4.72 Å². The molecule has 0 aliphatic carbocycles. The number of methoxy groups -OCH3 is 1. The van der Waals surface area contributed by atoms with Gasteiger partial charge in [-0.15, -0.1) is 0 Å². The number of aryl methyl sites for hydroxylation is 1. The van der Waals surface area contributed by atoms with Crippen molar-refractivity contribution in [2.45, 2.75) is 11.8 Å². The van der Waals surface area contributed by atoms with E-state index in [9.17, 15) is 13.2 Å². The van der Waals surface area contributed by atoms with Crippen LogP contribution in [0.15, 0.2) is 41.4 Å². The van der Waals surface area contributed by atoms with Crippen LogP contribution in [0, 0.1) is 6.92 Å². The molecule has 0 saturated heterocycles. The van der Waals surface area contributed by atoms with E-state index in [0.717, 1.165) is 6.20 Å². The average molecular weight is 341 g/mol. The van der Waals surface area contributed by atoms with Gasteiger partial charge in [-0.3, -0.25) is 4.72 Å². The summed E-state index contributed by atoms with van der Waals surface area (Å²) in [6, 6.07) is 7.33. The second-order valence-corrected chi connectivity index (χ2v) is 6.51. The SMILES string of the molecule is COC(=O)c1ccc(C)c(NS(=O)(=O)c2ccc(Cl)nc2)c1. The van der Waals surface area contributed by atoms with Crippen LogP contribution >= 0.6 is 11.6 Å². The van der Waals surface area contributed by atoms with E-state index in [0.29, 0.717) is 5.56 Å². The minimum absolute atomic E-state index is 0.0280. The van der Waals surface area contributed by atoms with Gasteiger partial charge in [0.05, 0.1) is 18.4 Å². The molecule has 0 saturated carbocycles. The lowest BCUT2D eigenvalue weighted by atomic mass is 10.1. The number of ether oxygens (including phenoxy) is 1. The van der Waals surface area contributed by atoms with Crippen molar-refractivity contribution in [3.63, 3.8) is 0 Å². The van der Waals surface area contributed by atoms with Crippen molar-refractivity contribution in [1.82, 2.24) is 4.98 Å². The van der Waals surface area contributed by atoms with Crippen molar-refractivity contribution < 1.29 is 17.9 Å². The van der Waals surface area contributed by atoms with Gasteiger partial charge in [-0.25, -0.2) is 18.2 Å². The molecule has 0 spiro atoms. The molecule has 0 aliphatic rings. The van der Waals surface area contributed by atoms with Crippen LogP contribution in [-0.2, 0) is 14.8 Å². The quantitative estimate of drug-likeness (QED) is 0.683. The standard InChI is InChI=1S/C14H13ClN2O4S/c1-9-3-4-10(14(18)21-2)7-12(9)17-22(19,20)11-5-6-13(15)16-8-11/h3-8,17H,1-2H3. The van der Waals surface area contributed by atoms with Crippen molar-refractivity contribution in [1.29, 1.82) is 0 Å². The van der Waals surface area contributed by atoms with E-state index in [1.165, 1.54) is 25.3 Å². The first-order valence-electron chi connectivity index (χ1n) is 6.17. The van der Waals surface area contributed by atoms with Gasteiger partial charge in [0.25, 0.3) is 10.0 Å². The molecule has 0 radical (unpaired) electrons. The van der Waals surface area contributed by atoms with Crippen LogP contribution in [0.5, 0.6) is 0 Å². The molecule has 0 atom stereocenters. The zero-order valence-corrected chi connectivity index (χ0v) is 13.4. The molecule has 1 aromatic carbocycles. The van der Waals surface area contributed by atoms with Gasteiger partial charge in [0, 0.05) is 6.20 Å². The Bertz CT molecular complexity index is 804. The zero-order valence-electron chi connectivity index (χ0n) is 11.8. The molecule has 2 aromatic rings. The lowest BCUT2D eigenvalue weighted by Crippen LogP contribution is -2.14. The molecule has 2 rings (SSSR count). The summed E-state index contributed by atoms with van der Waals surface area (Å²) in [6.45, 7) is 1.72. The van der Waals surface area contributed by atoms with Gasteiger partial charge in [-0.2, -0.15) is 0 Å². The molecule has 22 heavy (non-hydrogen) atoms. The number of sulfonamides is 1. The number of esters is 1. The second kappa shape index (κ2) is 6.33. The number of anilines is 1. The molecule has 6 nitrogen and oxygen atoms in total. The summed E-state index contributed by atoms with van der Waals surface area (Å²) >= 11 is 5.64. The Balaban J connectivity index is 2.37. The van der Waals surface area contributed by atoms with Gasteiger partial charge in [0.1, 0.15) is 10.0 Å². The number of pyridine rings is 1. The third-order valence-electron chi connectivity index (χ3n) is 2.91. The highest BCUT2D eigenvalue weighted by Gasteiger charge is 2.17. The number of halogens is 1. The molecule has 1 aromatic heterocycles. The molecular formula is C14H13ClN2O4S. The fourth-order valence-electron chi connectivity index (χ4n) is 1.70. The maximum absolute atomic E-state index is 12.3. The number of hydrogen-bond acceptors (Lipinski definition) is 5. The summed E-state index contributed by atoms with van der Waals surface area (Å²) in [5, 5.41) is 0.197. The molecule has 0 fully saturated rings. The Hall–Kier alpha value is -2.12. The maximum atomic E-state index is 12.3. The molecule has 0 bridgehead atoms. The second-order valence-electron chi connectivity index (χ2n) is 4.44. The Labute approximate surface area is 133 Å². The van der Waals surface area contributed by atoms with Crippen molar-refractivity contribution in [2.24, 2.45) is 0 Å².